The molecule has 2 aliphatic rings. The zero-order valence-corrected chi connectivity index (χ0v) is 17.8. The zero-order chi connectivity index (χ0) is 21.3. The van der Waals surface area contributed by atoms with E-state index in [2.05, 4.69) is 10.2 Å². The molecule has 0 aliphatic carbocycles. The second-order valence-electron chi connectivity index (χ2n) is 8.36. The summed E-state index contributed by atoms with van der Waals surface area (Å²) in [5.41, 5.74) is 1.93. The van der Waals surface area contributed by atoms with Crippen molar-refractivity contribution in [2.75, 3.05) is 44.6 Å². The number of hydrogen-bond donors (Lipinski definition) is 1. The first-order chi connectivity index (χ1) is 14.4. The smallest absolute Gasteiger partial charge is 0.256 e. The van der Waals surface area contributed by atoms with Crippen LogP contribution in [0.2, 0.25) is 5.02 Å². The number of rotatable bonds is 6. The van der Waals surface area contributed by atoms with Crippen molar-refractivity contribution in [3.8, 4) is 0 Å². The summed E-state index contributed by atoms with van der Waals surface area (Å²) >= 11 is 6.16. The lowest BCUT2D eigenvalue weighted by Crippen LogP contribution is -2.34. The molecule has 0 bridgehead atoms. The maximum Gasteiger partial charge on any atom is 0.256 e. The summed E-state index contributed by atoms with van der Waals surface area (Å²) in [4.78, 5) is 16.7. The van der Waals surface area contributed by atoms with Crippen molar-refractivity contribution in [1.82, 2.24) is 9.80 Å². The summed E-state index contributed by atoms with van der Waals surface area (Å²) in [5, 5.41) is 4.18. The quantitative estimate of drug-likeness (QED) is 0.684. The first-order valence-electron chi connectivity index (χ1n) is 10.4. The molecule has 2 fully saturated rings. The van der Waals surface area contributed by atoms with E-state index in [1.54, 1.807) is 4.90 Å². The van der Waals surface area contributed by atoms with Crippen molar-refractivity contribution in [3.63, 3.8) is 0 Å². The van der Waals surface area contributed by atoms with Gasteiger partial charge in [-0.1, -0.05) is 17.7 Å². The van der Waals surface area contributed by atoms with Gasteiger partial charge >= 0.3 is 0 Å². The van der Waals surface area contributed by atoms with Gasteiger partial charge in [0, 0.05) is 43.4 Å². The fourth-order valence-corrected chi connectivity index (χ4v) is 4.69. The molecule has 4 nitrogen and oxygen atoms in total. The molecule has 2 atom stereocenters. The van der Waals surface area contributed by atoms with Crippen LogP contribution in [0.5, 0.6) is 0 Å². The highest BCUT2D eigenvalue weighted by Gasteiger charge is 2.41. The van der Waals surface area contributed by atoms with Crippen LogP contribution in [-0.2, 0) is 0 Å². The van der Waals surface area contributed by atoms with Crippen molar-refractivity contribution in [3.05, 3.63) is 64.2 Å². The van der Waals surface area contributed by atoms with E-state index in [4.69, 9.17) is 11.6 Å². The van der Waals surface area contributed by atoms with Crippen molar-refractivity contribution in [1.29, 1.82) is 0 Å². The number of aryl methyl sites for hydroxylation is 1. The second-order valence-corrected chi connectivity index (χ2v) is 8.77. The molecule has 1 amide bonds. The molecule has 0 radical (unpaired) electrons. The molecule has 30 heavy (non-hydrogen) atoms. The number of halogens is 3. The lowest BCUT2D eigenvalue weighted by Gasteiger charge is -2.22. The third-order valence-corrected chi connectivity index (χ3v) is 6.57. The Morgan fingerprint density at radius 3 is 2.53 bits per heavy atom. The van der Waals surface area contributed by atoms with Crippen LogP contribution >= 0.6 is 11.6 Å². The van der Waals surface area contributed by atoms with Crippen LogP contribution in [0.15, 0.2) is 36.4 Å². The van der Waals surface area contributed by atoms with Gasteiger partial charge in [-0.15, -0.1) is 0 Å². The van der Waals surface area contributed by atoms with Gasteiger partial charge in [0.15, 0.2) is 0 Å². The highest BCUT2D eigenvalue weighted by Crippen LogP contribution is 2.32. The minimum absolute atomic E-state index is 0.172. The predicted octanol–water partition coefficient (Wildman–Crippen LogP) is 4.43. The highest BCUT2D eigenvalue weighted by atomic mass is 35.5. The van der Waals surface area contributed by atoms with Crippen molar-refractivity contribution in [2.24, 2.45) is 11.8 Å². The first-order valence-corrected chi connectivity index (χ1v) is 10.7. The standard InChI is InChI=1S/C23H26ClF2N3O/c1-15-3-5-19(10-21(15)24)27-7-2-8-28-11-16-13-29(14-17(16)12-28)23(30)20-9-18(25)4-6-22(20)26/h3-6,9-10,16-17,27H,2,7-8,11-14H2,1H3. The molecular weight excluding hydrogens is 408 g/mol. The summed E-state index contributed by atoms with van der Waals surface area (Å²) < 4.78 is 27.3. The van der Waals surface area contributed by atoms with Gasteiger partial charge in [-0.3, -0.25) is 4.79 Å². The molecule has 2 aromatic carbocycles. The van der Waals surface area contributed by atoms with E-state index in [9.17, 15) is 13.6 Å². The molecule has 7 heteroatoms. The van der Waals surface area contributed by atoms with E-state index in [0.29, 0.717) is 24.9 Å². The molecule has 2 unspecified atom stereocenters. The van der Waals surface area contributed by atoms with Gasteiger partial charge in [0.05, 0.1) is 5.56 Å². The molecule has 0 spiro atoms. The van der Waals surface area contributed by atoms with Crippen LogP contribution in [0, 0.1) is 30.4 Å². The molecule has 2 aromatic rings. The molecule has 0 saturated carbocycles. The first kappa shape index (κ1) is 21.1. The summed E-state index contributed by atoms with van der Waals surface area (Å²) in [6.07, 6.45) is 1.02. The maximum absolute atomic E-state index is 13.9. The largest absolute Gasteiger partial charge is 0.385 e. The van der Waals surface area contributed by atoms with Gasteiger partial charge in [-0.25, -0.2) is 8.78 Å². The Bertz CT molecular complexity index is 925. The van der Waals surface area contributed by atoms with Crippen LogP contribution < -0.4 is 5.32 Å². The van der Waals surface area contributed by atoms with Crippen molar-refractivity contribution in [2.45, 2.75) is 13.3 Å². The van der Waals surface area contributed by atoms with Gasteiger partial charge in [-0.2, -0.15) is 0 Å². The predicted molar refractivity (Wildman–Crippen MR) is 115 cm³/mol. The Labute approximate surface area is 180 Å². The second kappa shape index (κ2) is 8.90. The number of carbonyl (C=O) groups excluding carboxylic acids is 1. The summed E-state index contributed by atoms with van der Waals surface area (Å²) in [5.74, 6) is -0.868. The Hall–Kier alpha value is -2.18. The van der Waals surface area contributed by atoms with E-state index >= 15 is 0 Å². The van der Waals surface area contributed by atoms with Crippen LogP contribution in [-0.4, -0.2) is 55.0 Å². The molecule has 4 rings (SSSR count). The van der Waals surface area contributed by atoms with Crippen molar-refractivity contribution < 1.29 is 13.6 Å². The van der Waals surface area contributed by atoms with Gasteiger partial charge in [-0.05, 0) is 67.6 Å². The molecule has 1 N–H and O–H groups in total. The number of likely N-dealkylation sites (tertiary alicyclic amines) is 2. The molecule has 0 aromatic heterocycles. The van der Waals surface area contributed by atoms with Gasteiger partial charge in [0.2, 0.25) is 0 Å². The average Bonchev–Trinajstić information content (AvgIpc) is 3.28. The Morgan fingerprint density at radius 1 is 1.10 bits per heavy atom. The molecule has 2 aliphatic heterocycles. The van der Waals surface area contributed by atoms with Gasteiger partial charge in [0.1, 0.15) is 11.6 Å². The number of carbonyl (C=O) groups is 1. The highest BCUT2D eigenvalue weighted by molar-refractivity contribution is 6.31. The average molecular weight is 434 g/mol. The van der Waals surface area contributed by atoms with E-state index in [1.807, 2.05) is 25.1 Å². The topological polar surface area (TPSA) is 35.6 Å². The van der Waals surface area contributed by atoms with E-state index in [1.165, 1.54) is 0 Å². The fraction of sp³-hybridized carbons (Fsp3) is 0.435. The molecule has 2 saturated heterocycles. The number of benzene rings is 2. The zero-order valence-electron chi connectivity index (χ0n) is 17.0. The summed E-state index contributed by atoms with van der Waals surface area (Å²) in [6.45, 7) is 6.94. The number of anilines is 1. The number of hydrogen-bond acceptors (Lipinski definition) is 3. The summed E-state index contributed by atoms with van der Waals surface area (Å²) in [6, 6.07) is 9.03. The van der Waals surface area contributed by atoms with Gasteiger partial charge in [0.25, 0.3) is 5.91 Å². The SMILES string of the molecule is Cc1ccc(NCCCN2CC3CN(C(=O)c4cc(F)ccc4F)CC3C2)cc1Cl. The fourth-order valence-electron chi connectivity index (χ4n) is 4.51. The minimum atomic E-state index is -0.664. The van der Waals surface area contributed by atoms with E-state index in [0.717, 1.165) is 67.1 Å². The van der Waals surface area contributed by atoms with Crippen LogP contribution in [0.3, 0.4) is 0 Å². The third kappa shape index (κ3) is 4.60. The normalized spacial score (nSPS) is 21.1. The monoisotopic (exact) mass is 433 g/mol. The lowest BCUT2D eigenvalue weighted by atomic mass is 10.0. The Kier molecular flexibility index (Phi) is 6.25. The lowest BCUT2D eigenvalue weighted by molar-refractivity contribution is 0.0769. The molecule has 160 valence electrons. The van der Waals surface area contributed by atoms with E-state index < -0.39 is 17.5 Å². The van der Waals surface area contributed by atoms with E-state index in [-0.39, 0.29) is 5.56 Å². The van der Waals surface area contributed by atoms with Crippen LogP contribution in [0.25, 0.3) is 0 Å². The van der Waals surface area contributed by atoms with Crippen LogP contribution in [0.4, 0.5) is 14.5 Å². The number of nitrogens with zero attached hydrogens (tertiary/aromatic N) is 2. The van der Waals surface area contributed by atoms with Crippen molar-refractivity contribution >= 4 is 23.2 Å². The number of nitrogens with one attached hydrogen (secondary N) is 1. The Balaban J connectivity index is 1.22. The Morgan fingerprint density at radius 2 is 1.83 bits per heavy atom. The maximum atomic E-state index is 13.9. The van der Waals surface area contributed by atoms with Crippen LogP contribution in [0.1, 0.15) is 22.3 Å². The summed E-state index contributed by atoms with van der Waals surface area (Å²) in [7, 11) is 0. The van der Waals surface area contributed by atoms with Gasteiger partial charge < -0.3 is 15.1 Å². The molecular formula is C23H26ClF2N3O. The minimum Gasteiger partial charge on any atom is -0.385 e. The molecule has 2 heterocycles. The number of amides is 1. The number of fused-ring (bicyclic) bond motifs is 1. The third-order valence-electron chi connectivity index (χ3n) is 6.16.